The van der Waals surface area contributed by atoms with Crippen molar-refractivity contribution in [3.8, 4) is 5.75 Å². The van der Waals surface area contributed by atoms with Crippen molar-refractivity contribution in [3.05, 3.63) is 59.9 Å². The van der Waals surface area contributed by atoms with Crippen molar-refractivity contribution in [1.29, 1.82) is 0 Å². The molecule has 6 nitrogen and oxygen atoms in total. The van der Waals surface area contributed by atoms with E-state index in [1.807, 2.05) is 19.1 Å². The Morgan fingerprint density at radius 3 is 2.39 bits per heavy atom. The Kier molecular flexibility index (Phi) is 7.73. The van der Waals surface area contributed by atoms with Gasteiger partial charge >= 0.3 is 0 Å². The third kappa shape index (κ3) is 5.97. The number of hydrogen-bond donors (Lipinski definition) is 1. The molecule has 7 heteroatoms. The van der Waals surface area contributed by atoms with Gasteiger partial charge in [-0.05, 0) is 86.8 Å². The minimum absolute atomic E-state index is 0.172. The number of amides is 2. The fourth-order valence-corrected chi connectivity index (χ4v) is 4.48. The van der Waals surface area contributed by atoms with Gasteiger partial charge in [-0.1, -0.05) is 19.1 Å². The van der Waals surface area contributed by atoms with Gasteiger partial charge in [-0.2, -0.15) is 0 Å². The summed E-state index contributed by atoms with van der Waals surface area (Å²) in [7, 11) is 0. The van der Waals surface area contributed by atoms with Gasteiger partial charge in [-0.15, -0.1) is 0 Å². The van der Waals surface area contributed by atoms with Crippen LogP contribution in [0.25, 0.3) is 0 Å². The van der Waals surface area contributed by atoms with E-state index < -0.39 is 6.04 Å². The first-order chi connectivity index (χ1) is 16.0. The number of imide groups is 1. The number of anilines is 1. The van der Waals surface area contributed by atoms with E-state index in [4.69, 9.17) is 4.74 Å². The number of benzene rings is 2. The quantitative estimate of drug-likeness (QED) is 0.586. The van der Waals surface area contributed by atoms with Crippen LogP contribution in [0.2, 0.25) is 0 Å². The first kappa shape index (κ1) is 23.4. The largest absolute Gasteiger partial charge is 0.494 e. The normalized spacial score (nSPS) is 19.9. The zero-order chi connectivity index (χ0) is 23.2. The van der Waals surface area contributed by atoms with Gasteiger partial charge in [0.1, 0.15) is 11.6 Å². The molecule has 2 saturated heterocycles. The van der Waals surface area contributed by atoms with E-state index in [9.17, 15) is 14.0 Å². The monoisotopic (exact) mass is 453 g/mol. The van der Waals surface area contributed by atoms with Crippen LogP contribution in [-0.2, 0) is 16.1 Å². The van der Waals surface area contributed by atoms with E-state index in [1.165, 1.54) is 17.0 Å². The molecular formula is C26H32FN3O3. The summed E-state index contributed by atoms with van der Waals surface area (Å²) in [5, 5.41) is 3.34. The smallest absolute Gasteiger partial charge is 0.251 e. The second-order valence-electron chi connectivity index (χ2n) is 8.92. The number of hydrogen-bond acceptors (Lipinski definition) is 5. The Morgan fingerprint density at radius 2 is 1.73 bits per heavy atom. The molecule has 2 aliphatic rings. The van der Waals surface area contributed by atoms with Gasteiger partial charge < -0.3 is 10.1 Å². The van der Waals surface area contributed by atoms with E-state index in [-0.39, 0.29) is 24.1 Å². The van der Waals surface area contributed by atoms with Crippen LogP contribution < -0.4 is 15.0 Å². The van der Waals surface area contributed by atoms with E-state index in [1.54, 1.807) is 24.3 Å². The molecule has 0 aromatic heterocycles. The highest BCUT2D eigenvalue weighted by molar-refractivity contribution is 6.22. The van der Waals surface area contributed by atoms with Crippen LogP contribution in [0, 0.1) is 11.7 Å². The number of piperidine rings is 1. The van der Waals surface area contributed by atoms with Crippen molar-refractivity contribution in [2.45, 2.75) is 45.2 Å². The molecule has 2 aromatic carbocycles. The highest BCUT2D eigenvalue weighted by Crippen LogP contribution is 2.26. The molecule has 0 aliphatic carbocycles. The zero-order valence-electron chi connectivity index (χ0n) is 19.1. The molecule has 2 heterocycles. The summed E-state index contributed by atoms with van der Waals surface area (Å²) < 4.78 is 18.7. The van der Waals surface area contributed by atoms with Crippen molar-refractivity contribution in [3.63, 3.8) is 0 Å². The van der Waals surface area contributed by atoms with Gasteiger partial charge in [-0.25, -0.2) is 9.29 Å². The molecule has 0 spiro atoms. The molecule has 2 aliphatic heterocycles. The minimum Gasteiger partial charge on any atom is -0.494 e. The van der Waals surface area contributed by atoms with Gasteiger partial charge in [-0.3, -0.25) is 14.5 Å². The predicted molar refractivity (Wildman–Crippen MR) is 126 cm³/mol. The van der Waals surface area contributed by atoms with E-state index >= 15 is 0 Å². The second-order valence-corrected chi connectivity index (χ2v) is 8.92. The van der Waals surface area contributed by atoms with Crippen LogP contribution in [0.15, 0.2) is 48.5 Å². The number of rotatable bonds is 9. The van der Waals surface area contributed by atoms with Crippen LogP contribution in [0.1, 0.15) is 38.2 Å². The van der Waals surface area contributed by atoms with E-state index in [0.29, 0.717) is 18.2 Å². The molecular weight excluding hydrogens is 421 g/mol. The Balaban J connectivity index is 1.23. The number of nitrogens with one attached hydrogen (secondary N) is 1. The van der Waals surface area contributed by atoms with Crippen LogP contribution in [0.5, 0.6) is 5.75 Å². The number of halogens is 1. The Bertz CT molecular complexity index is 940. The van der Waals surface area contributed by atoms with Gasteiger partial charge in [0.05, 0.1) is 24.8 Å². The lowest BCUT2D eigenvalue weighted by Gasteiger charge is -2.32. The van der Waals surface area contributed by atoms with E-state index in [2.05, 4.69) is 10.2 Å². The molecule has 0 radical (unpaired) electrons. The SMILES string of the molecule is CCCOc1ccc(N2C(=O)C[C@@H](NCC3CCN(Cc4ccc(F)cc4)CC3)C2=O)cc1. The lowest BCUT2D eigenvalue weighted by molar-refractivity contribution is -0.121. The van der Waals surface area contributed by atoms with Crippen LogP contribution >= 0.6 is 0 Å². The minimum atomic E-state index is -0.467. The molecule has 2 amide bonds. The Morgan fingerprint density at radius 1 is 1.03 bits per heavy atom. The molecule has 2 fully saturated rings. The van der Waals surface area contributed by atoms with Crippen LogP contribution in [0.4, 0.5) is 10.1 Å². The van der Waals surface area contributed by atoms with Crippen molar-refractivity contribution in [2.75, 3.05) is 31.1 Å². The second kappa shape index (κ2) is 10.9. The summed E-state index contributed by atoms with van der Waals surface area (Å²) in [6.07, 6.45) is 3.18. The molecule has 176 valence electrons. The topological polar surface area (TPSA) is 61.9 Å². The predicted octanol–water partition coefficient (Wildman–Crippen LogP) is 3.75. The summed E-state index contributed by atoms with van der Waals surface area (Å²) in [6, 6.07) is 13.3. The highest BCUT2D eigenvalue weighted by Gasteiger charge is 2.39. The van der Waals surface area contributed by atoms with Gasteiger partial charge in [0.2, 0.25) is 5.91 Å². The first-order valence-corrected chi connectivity index (χ1v) is 11.8. The summed E-state index contributed by atoms with van der Waals surface area (Å²) in [5.74, 6) is 0.645. The summed E-state index contributed by atoms with van der Waals surface area (Å²) >= 11 is 0. The number of carbonyl (C=O) groups is 2. The van der Waals surface area contributed by atoms with Crippen LogP contribution in [-0.4, -0.2) is 49.0 Å². The third-order valence-corrected chi connectivity index (χ3v) is 6.39. The lowest BCUT2D eigenvalue weighted by atomic mass is 9.96. The molecule has 4 rings (SSSR count). The summed E-state index contributed by atoms with van der Waals surface area (Å²) in [4.78, 5) is 29.1. The third-order valence-electron chi connectivity index (χ3n) is 6.39. The molecule has 33 heavy (non-hydrogen) atoms. The van der Waals surface area contributed by atoms with Gasteiger partial charge in [0.25, 0.3) is 5.91 Å². The molecule has 0 saturated carbocycles. The van der Waals surface area contributed by atoms with E-state index in [0.717, 1.165) is 56.8 Å². The maximum Gasteiger partial charge on any atom is 0.251 e. The Hall–Kier alpha value is -2.77. The van der Waals surface area contributed by atoms with Crippen molar-refractivity contribution in [2.24, 2.45) is 5.92 Å². The highest BCUT2D eigenvalue weighted by atomic mass is 19.1. The van der Waals surface area contributed by atoms with Gasteiger partial charge in [0, 0.05) is 6.54 Å². The molecule has 1 atom stereocenters. The maximum absolute atomic E-state index is 13.1. The molecule has 0 bridgehead atoms. The molecule has 0 unspecified atom stereocenters. The molecule has 2 aromatic rings. The first-order valence-electron chi connectivity index (χ1n) is 11.8. The standard InChI is InChI=1S/C26H32FN3O3/c1-2-15-33-23-9-7-22(8-10-23)30-25(31)16-24(26(30)32)28-17-19-11-13-29(14-12-19)18-20-3-5-21(27)6-4-20/h3-10,19,24,28H,2,11-18H2,1H3/t24-/m1/s1. The Labute approximate surface area is 194 Å². The summed E-state index contributed by atoms with van der Waals surface area (Å²) in [6.45, 7) is 6.18. The van der Waals surface area contributed by atoms with Crippen molar-refractivity contribution >= 4 is 17.5 Å². The fraction of sp³-hybridized carbons (Fsp3) is 0.462. The van der Waals surface area contributed by atoms with Gasteiger partial charge in [0.15, 0.2) is 0 Å². The average molecular weight is 454 g/mol. The lowest BCUT2D eigenvalue weighted by Crippen LogP contribution is -2.43. The maximum atomic E-state index is 13.1. The van der Waals surface area contributed by atoms with Crippen molar-refractivity contribution < 1.29 is 18.7 Å². The van der Waals surface area contributed by atoms with Crippen molar-refractivity contribution in [1.82, 2.24) is 10.2 Å². The van der Waals surface area contributed by atoms with Crippen LogP contribution in [0.3, 0.4) is 0 Å². The number of ether oxygens (including phenoxy) is 1. The zero-order valence-corrected chi connectivity index (χ0v) is 19.1. The number of carbonyl (C=O) groups excluding carboxylic acids is 2. The number of nitrogens with zero attached hydrogens (tertiary/aromatic N) is 2. The number of likely N-dealkylation sites (tertiary alicyclic amines) is 1. The fourth-order valence-electron chi connectivity index (χ4n) is 4.48. The average Bonchev–Trinajstić information content (AvgIpc) is 3.12. The summed E-state index contributed by atoms with van der Waals surface area (Å²) in [5.41, 5.74) is 1.71. The molecule has 1 N–H and O–H groups in total.